The van der Waals surface area contributed by atoms with Gasteiger partial charge in [0.25, 0.3) is 5.91 Å². The Hall–Kier alpha value is -4.00. The predicted octanol–water partition coefficient (Wildman–Crippen LogP) is 6.49. The highest BCUT2D eigenvalue weighted by Crippen LogP contribution is 2.32. The van der Waals surface area contributed by atoms with E-state index in [1.54, 1.807) is 29.6 Å². The van der Waals surface area contributed by atoms with Crippen molar-refractivity contribution in [3.05, 3.63) is 45.9 Å². The van der Waals surface area contributed by atoms with Crippen LogP contribution in [0.25, 0.3) is 0 Å². The number of hydrogen-bond acceptors (Lipinski definition) is 12. The van der Waals surface area contributed by atoms with Crippen molar-refractivity contribution in [1.82, 2.24) is 25.4 Å². The van der Waals surface area contributed by atoms with E-state index in [9.17, 15) is 29.1 Å². The molecule has 1 aliphatic rings. The summed E-state index contributed by atoms with van der Waals surface area (Å²) in [7, 11) is 1.97. The number of ether oxygens (including phenoxy) is 4. The lowest BCUT2D eigenvalue weighted by Crippen LogP contribution is -2.58. The maximum absolute atomic E-state index is 14.7. The molecule has 1 fully saturated rings. The number of likely N-dealkylation sites (tertiary alicyclic amines) is 1. The molecular formula is C48H78N6O10S. The van der Waals surface area contributed by atoms with Gasteiger partial charge in [0, 0.05) is 49.7 Å². The SMILES string of the molecule is CCCOCCOCCOCCC(=O)Nc1ccc(C[C@H](NC(=O)c2csc([C@@H](C[C@H](C(C)C)N(CCC)C(=O)[C@@H](NC(=O)[C@H]3CCCCN3C)[C@@H](C)CC)OCCC)n2)C(=O)O)cc1. The van der Waals surface area contributed by atoms with Gasteiger partial charge in [-0.3, -0.25) is 24.1 Å². The van der Waals surface area contributed by atoms with Crippen LogP contribution in [0.4, 0.5) is 5.69 Å². The molecule has 1 aromatic heterocycles. The molecule has 0 spiro atoms. The molecule has 6 atom stereocenters. The van der Waals surface area contributed by atoms with Crippen LogP contribution in [0.3, 0.4) is 0 Å². The minimum atomic E-state index is -1.25. The molecule has 0 unspecified atom stereocenters. The number of likely N-dealkylation sites (N-methyl/N-ethyl adjacent to an activating group) is 1. The first-order valence-electron chi connectivity index (χ1n) is 23.8. The molecule has 17 heteroatoms. The number of rotatable bonds is 32. The number of carbonyl (C=O) groups is 5. The summed E-state index contributed by atoms with van der Waals surface area (Å²) in [6.07, 6.45) is 5.97. The molecule has 65 heavy (non-hydrogen) atoms. The van der Waals surface area contributed by atoms with Gasteiger partial charge in [-0.15, -0.1) is 11.3 Å². The van der Waals surface area contributed by atoms with Crippen molar-refractivity contribution in [3.63, 3.8) is 0 Å². The third-order valence-corrected chi connectivity index (χ3v) is 12.6. The predicted molar refractivity (Wildman–Crippen MR) is 253 cm³/mol. The van der Waals surface area contributed by atoms with Gasteiger partial charge in [-0.2, -0.15) is 0 Å². The van der Waals surface area contributed by atoms with E-state index < -0.39 is 30.1 Å². The zero-order chi connectivity index (χ0) is 47.7. The minimum Gasteiger partial charge on any atom is -0.480 e. The van der Waals surface area contributed by atoms with E-state index in [1.165, 1.54) is 11.3 Å². The van der Waals surface area contributed by atoms with E-state index in [4.69, 9.17) is 18.9 Å². The van der Waals surface area contributed by atoms with Gasteiger partial charge in [0.1, 0.15) is 28.9 Å². The van der Waals surface area contributed by atoms with Gasteiger partial charge in [-0.25, -0.2) is 9.78 Å². The lowest BCUT2D eigenvalue weighted by molar-refractivity contribution is -0.143. The lowest BCUT2D eigenvalue weighted by Gasteiger charge is -2.40. The number of thiazole rings is 1. The second kappa shape index (κ2) is 30.3. The van der Waals surface area contributed by atoms with E-state index in [0.29, 0.717) is 68.9 Å². The van der Waals surface area contributed by atoms with Crippen LogP contribution < -0.4 is 16.0 Å². The first-order chi connectivity index (χ1) is 31.2. The van der Waals surface area contributed by atoms with Crippen LogP contribution in [0.5, 0.6) is 0 Å². The first-order valence-corrected chi connectivity index (χ1v) is 24.7. The van der Waals surface area contributed by atoms with E-state index in [1.807, 2.05) is 46.6 Å². The van der Waals surface area contributed by atoms with Crippen molar-refractivity contribution in [3.8, 4) is 0 Å². The zero-order valence-electron chi connectivity index (χ0n) is 40.2. The summed E-state index contributed by atoms with van der Waals surface area (Å²) >= 11 is 1.26. The summed E-state index contributed by atoms with van der Waals surface area (Å²) in [5.74, 6) is -2.34. The molecule has 3 rings (SSSR count). The maximum atomic E-state index is 14.7. The highest BCUT2D eigenvalue weighted by Gasteiger charge is 2.38. The molecule has 2 heterocycles. The Morgan fingerprint density at radius 2 is 1.54 bits per heavy atom. The Kier molecular flexibility index (Phi) is 25.8. The van der Waals surface area contributed by atoms with Gasteiger partial charge in [0.15, 0.2) is 0 Å². The highest BCUT2D eigenvalue weighted by molar-refractivity contribution is 7.09. The molecule has 0 saturated carbocycles. The number of piperidine rings is 1. The number of benzene rings is 1. The van der Waals surface area contributed by atoms with Crippen LogP contribution in [-0.4, -0.2) is 140 Å². The fourth-order valence-corrected chi connectivity index (χ4v) is 8.54. The summed E-state index contributed by atoms with van der Waals surface area (Å²) < 4.78 is 22.7. The quantitative estimate of drug-likeness (QED) is 0.0583. The maximum Gasteiger partial charge on any atom is 0.326 e. The number of anilines is 1. The number of carboxylic acid groups (broad SMARTS) is 1. The Morgan fingerprint density at radius 3 is 2.14 bits per heavy atom. The Labute approximate surface area is 391 Å². The van der Waals surface area contributed by atoms with E-state index in [-0.39, 0.29) is 66.8 Å². The second-order valence-corrected chi connectivity index (χ2v) is 18.2. The fraction of sp³-hybridized carbons (Fsp3) is 0.708. The first kappa shape index (κ1) is 55.3. The smallest absolute Gasteiger partial charge is 0.326 e. The lowest BCUT2D eigenvalue weighted by atomic mass is 9.92. The molecule has 1 aromatic carbocycles. The van der Waals surface area contributed by atoms with Crippen LogP contribution in [0.2, 0.25) is 0 Å². The third-order valence-electron chi connectivity index (χ3n) is 11.6. The molecular weight excluding hydrogens is 853 g/mol. The van der Waals surface area contributed by atoms with Crippen LogP contribution >= 0.6 is 11.3 Å². The zero-order valence-corrected chi connectivity index (χ0v) is 41.1. The molecule has 2 aromatic rings. The summed E-state index contributed by atoms with van der Waals surface area (Å²) in [6.45, 7) is 18.8. The largest absolute Gasteiger partial charge is 0.480 e. The van der Waals surface area contributed by atoms with E-state index in [2.05, 4.69) is 39.7 Å². The van der Waals surface area contributed by atoms with Crippen molar-refractivity contribution < 1.29 is 48.0 Å². The summed E-state index contributed by atoms with van der Waals surface area (Å²) in [5.41, 5.74) is 1.27. The van der Waals surface area contributed by atoms with Crippen LogP contribution in [0, 0.1) is 11.8 Å². The number of hydrogen-bond donors (Lipinski definition) is 4. The minimum absolute atomic E-state index is 0.00197. The van der Waals surface area contributed by atoms with Gasteiger partial charge in [-0.05, 0) is 75.2 Å². The fourth-order valence-electron chi connectivity index (χ4n) is 7.68. The monoisotopic (exact) mass is 931 g/mol. The highest BCUT2D eigenvalue weighted by atomic mass is 32.1. The van der Waals surface area contributed by atoms with Crippen molar-refractivity contribution >= 4 is 46.6 Å². The number of aromatic nitrogens is 1. The van der Waals surface area contributed by atoms with Gasteiger partial charge in [0.2, 0.25) is 17.7 Å². The number of carbonyl (C=O) groups excluding carboxylic acids is 4. The van der Waals surface area contributed by atoms with Crippen LogP contribution in [-0.2, 0) is 44.5 Å². The molecule has 366 valence electrons. The topological polar surface area (TPSA) is 198 Å². The van der Waals surface area contributed by atoms with Crippen molar-refractivity contribution in [2.75, 3.05) is 71.7 Å². The molecule has 0 radical (unpaired) electrons. The number of nitrogens with zero attached hydrogens (tertiary/aromatic N) is 3. The number of aliphatic carboxylic acids is 1. The van der Waals surface area contributed by atoms with Gasteiger partial charge >= 0.3 is 5.97 Å². The van der Waals surface area contributed by atoms with Crippen LogP contribution in [0.1, 0.15) is 133 Å². The molecule has 1 aliphatic heterocycles. The van der Waals surface area contributed by atoms with Crippen molar-refractivity contribution in [2.24, 2.45) is 11.8 Å². The summed E-state index contributed by atoms with van der Waals surface area (Å²) in [4.78, 5) is 75.4. The number of carboxylic acids is 1. The average molecular weight is 931 g/mol. The molecule has 1 saturated heterocycles. The molecule has 4 amide bonds. The van der Waals surface area contributed by atoms with Gasteiger partial charge in [0.05, 0.1) is 45.5 Å². The van der Waals surface area contributed by atoms with E-state index in [0.717, 1.165) is 51.5 Å². The van der Waals surface area contributed by atoms with Crippen molar-refractivity contribution in [2.45, 2.75) is 143 Å². The van der Waals surface area contributed by atoms with Gasteiger partial charge < -0.3 is 44.9 Å². The molecule has 0 bridgehead atoms. The second-order valence-electron chi connectivity index (χ2n) is 17.3. The van der Waals surface area contributed by atoms with Crippen LogP contribution in [0.15, 0.2) is 29.6 Å². The summed E-state index contributed by atoms with van der Waals surface area (Å²) in [5, 5.41) is 20.9. The third kappa shape index (κ3) is 19.0. The Bertz CT molecular complexity index is 1730. The van der Waals surface area contributed by atoms with Crippen molar-refractivity contribution in [1.29, 1.82) is 0 Å². The van der Waals surface area contributed by atoms with Gasteiger partial charge in [-0.1, -0.05) is 73.4 Å². The Morgan fingerprint density at radius 1 is 0.877 bits per heavy atom. The standard InChI is InChI=1S/C48H78N6O10S/c1-9-21-54(47(58)43(34(7)12-4)52-45(57)39-15-13-14-22-53(39)8)40(33(5)6)31-41(64-24-11-3)46-51-38(32-65-46)44(56)50-37(48(59)60)30-35-16-18-36(19-17-35)49-42(55)20-25-62-27-29-63-28-26-61-23-10-2/h16-19,32-34,37,39-41,43H,9-15,20-31H2,1-8H3,(H,49,55)(H,50,56)(H,52,57)(H,59,60)/t34-,37-,39+,40+,41+,43-/m0/s1. The molecule has 4 N–H and O–H groups in total. The average Bonchev–Trinajstić information content (AvgIpc) is 3.79. The van der Waals surface area contributed by atoms with E-state index >= 15 is 0 Å². The Balaban J connectivity index is 1.65. The molecule has 16 nitrogen and oxygen atoms in total. The molecule has 0 aliphatic carbocycles. The number of nitrogens with one attached hydrogen (secondary N) is 3. The number of amides is 4. The summed E-state index contributed by atoms with van der Waals surface area (Å²) in [6, 6.07) is 4.31. The normalized spacial score (nSPS) is 16.6.